The van der Waals surface area contributed by atoms with Gasteiger partial charge >= 0.3 is 0 Å². The van der Waals surface area contributed by atoms with Crippen molar-refractivity contribution >= 4 is 45.2 Å². The van der Waals surface area contributed by atoms with E-state index in [9.17, 15) is 10.2 Å². The van der Waals surface area contributed by atoms with Crippen molar-refractivity contribution in [2.75, 3.05) is 11.5 Å². The van der Waals surface area contributed by atoms with Crippen LogP contribution in [0.15, 0.2) is 42.9 Å². The molecule has 3 aromatic heterocycles. The van der Waals surface area contributed by atoms with E-state index in [1.807, 2.05) is 35.0 Å². The van der Waals surface area contributed by atoms with E-state index >= 15 is 0 Å². The van der Waals surface area contributed by atoms with Crippen LogP contribution in [0.4, 0.5) is 11.6 Å². The highest BCUT2D eigenvalue weighted by Crippen LogP contribution is 2.55. The molecule has 6 N–H and O–H groups in total. The molecule has 33 heavy (non-hydrogen) atoms. The summed E-state index contributed by atoms with van der Waals surface area (Å²) in [7, 11) is 0. The molecule has 1 aromatic carbocycles. The third-order valence-corrected chi connectivity index (χ3v) is 8.06. The fourth-order valence-corrected chi connectivity index (χ4v) is 6.26. The van der Waals surface area contributed by atoms with E-state index in [2.05, 4.69) is 21.0 Å². The third kappa shape index (κ3) is 3.08. The minimum Gasteiger partial charge on any atom is -0.388 e. The molecule has 0 bridgehead atoms. The van der Waals surface area contributed by atoms with Crippen LogP contribution in [0.2, 0.25) is 5.02 Å². The van der Waals surface area contributed by atoms with Crippen molar-refractivity contribution in [2.45, 2.75) is 43.4 Å². The number of aliphatic hydroxyl groups is 2. The zero-order valence-electron chi connectivity index (χ0n) is 17.9. The standard InChI is InChI=1S/C24H25ClN6O2/c25-17-9-14-2-1-12(8-18(14)30-22(17)27)7-13-3-5-24(33)16(13)10-19(20(24)32)31-6-4-15-21(26)28-11-29-23(15)31/h1-2,4,6,8-9,11,13,16,19-20,32-33H,3,5,7,10H2,(H2,27,30)(H2,26,28,29)/t13-,16+,19+,20-,24+/m0/s1. The van der Waals surface area contributed by atoms with Gasteiger partial charge in [-0.15, -0.1) is 0 Å². The van der Waals surface area contributed by atoms with Crippen molar-refractivity contribution in [3.63, 3.8) is 0 Å². The molecule has 0 aliphatic heterocycles. The minimum absolute atomic E-state index is 0.0203. The molecule has 4 aromatic rings. The van der Waals surface area contributed by atoms with Gasteiger partial charge in [0.2, 0.25) is 0 Å². The van der Waals surface area contributed by atoms with Crippen LogP contribution in [-0.2, 0) is 6.42 Å². The van der Waals surface area contributed by atoms with Gasteiger partial charge in [-0.2, -0.15) is 0 Å². The molecule has 0 spiro atoms. The summed E-state index contributed by atoms with van der Waals surface area (Å²) >= 11 is 6.10. The summed E-state index contributed by atoms with van der Waals surface area (Å²) in [5.41, 5.74) is 13.4. The Labute approximate surface area is 195 Å². The first-order valence-electron chi connectivity index (χ1n) is 11.2. The van der Waals surface area contributed by atoms with Crippen molar-refractivity contribution < 1.29 is 10.2 Å². The number of halogens is 1. The molecule has 0 radical (unpaired) electrons. The number of hydrogen-bond donors (Lipinski definition) is 4. The molecule has 2 saturated carbocycles. The lowest BCUT2D eigenvalue weighted by molar-refractivity contribution is -0.0799. The molecule has 2 aliphatic carbocycles. The SMILES string of the molecule is Nc1nc2cc(C[C@@H]3CC[C@@]4(O)[C@@H]3C[C@@H](n3ccc5c(N)ncnc53)[C@@H]4O)ccc2cc1Cl. The quantitative estimate of drug-likeness (QED) is 0.365. The molecule has 2 aliphatic rings. The summed E-state index contributed by atoms with van der Waals surface area (Å²) in [6, 6.07) is 9.55. The van der Waals surface area contributed by atoms with E-state index in [0.717, 1.165) is 34.7 Å². The molecule has 0 amide bonds. The number of pyridine rings is 1. The molecule has 5 atom stereocenters. The summed E-state index contributed by atoms with van der Waals surface area (Å²) in [6.07, 6.45) is 5.35. The Kier molecular flexibility index (Phi) is 4.56. The van der Waals surface area contributed by atoms with Crippen molar-refractivity contribution in [3.05, 3.63) is 53.4 Å². The lowest BCUT2D eigenvalue weighted by atomic mass is 9.84. The summed E-state index contributed by atoms with van der Waals surface area (Å²) in [5.74, 6) is 0.961. The second-order valence-corrected chi connectivity index (χ2v) is 9.86. The van der Waals surface area contributed by atoms with Gasteiger partial charge in [-0.3, -0.25) is 0 Å². The number of benzene rings is 1. The van der Waals surface area contributed by atoms with Crippen LogP contribution >= 0.6 is 11.6 Å². The second-order valence-electron chi connectivity index (χ2n) is 9.45. The van der Waals surface area contributed by atoms with Gasteiger partial charge in [0.05, 0.1) is 27.6 Å². The number of hydrogen-bond acceptors (Lipinski definition) is 7. The smallest absolute Gasteiger partial charge is 0.145 e. The van der Waals surface area contributed by atoms with Gasteiger partial charge < -0.3 is 26.2 Å². The second kappa shape index (κ2) is 7.28. The summed E-state index contributed by atoms with van der Waals surface area (Å²) < 4.78 is 1.94. The first-order chi connectivity index (χ1) is 15.8. The Balaban J connectivity index is 1.29. The maximum Gasteiger partial charge on any atom is 0.145 e. The predicted molar refractivity (Wildman–Crippen MR) is 128 cm³/mol. The van der Waals surface area contributed by atoms with Gasteiger partial charge in [0.1, 0.15) is 29.7 Å². The van der Waals surface area contributed by atoms with E-state index in [4.69, 9.17) is 23.1 Å². The van der Waals surface area contributed by atoms with Gasteiger partial charge in [0, 0.05) is 11.6 Å². The first kappa shape index (κ1) is 20.7. The van der Waals surface area contributed by atoms with Crippen LogP contribution < -0.4 is 11.5 Å². The lowest BCUT2D eigenvalue weighted by Crippen LogP contribution is -2.42. The fraction of sp³-hybridized carbons (Fsp3) is 0.375. The van der Waals surface area contributed by atoms with E-state index in [1.165, 1.54) is 6.33 Å². The highest BCUT2D eigenvalue weighted by Gasteiger charge is 2.59. The molecule has 8 nitrogen and oxygen atoms in total. The molecule has 3 heterocycles. The van der Waals surface area contributed by atoms with Crippen molar-refractivity contribution in [2.24, 2.45) is 11.8 Å². The topological polar surface area (TPSA) is 136 Å². The Bertz CT molecular complexity index is 1390. The van der Waals surface area contributed by atoms with Crippen molar-refractivity contribution in [1.29, 1.82) is 0 Å². The summed E-state index contributed by atoms with van der Waals surface area (Å²) in [5, 5.41) is 24.9. The summed E-state index contributed by atoms with van der Waals surface area (Å²) in [6.45, 7) is 0. The zero-order valence-corrected chi connectivity index (χ0v) is 18.7. The Morgan fingerprint density at radius 2 is 2.00 bits per heavy atom. The Morgan fingerprint density at radius 3 is 2.85 bits per heavy atom. The third-order valence-electron chi connectivity index (χ3n) is 7.76. The number of nitrogens with zero attached hydrogens (tertiary/aromatic N) is 4. The van der Waals surface area contributed by atoms with Gasteiger partial charge in [-0.25, -0.2) is 15.0 Å². The maximum absolute atomic E-state index is 11.5. The Hall–Kier alpha value is -2.94. The number of fused-ring (bicyclic) bond motifs is 3. The fourth-order valence-electron chi connectivity index (χ4n) is 6.10. The number of nitrogen functional groups attached to an aromatic ring is 2. The largest absolute Gasteiger partial charge is 0.388 e. The average Bonchev–Trinajstić information content (AvgIpc) is 3.42. The molecule has 9 heteroatoms. The molecule has 0 saturated heterocycles. The zero-order chi connectivity index (χ0) is 22.9. The van der Waals surface area contributed by atoms with Crippen molar-refractivity contribution in [1.82, 2.24) is 19.5 Å². The van der Waals surface area contributed by atoms with Crippen LogP contribution in [0.3, 0.4) is 0 Å². The Morgan fingerprint density at radius 1 is 1.15 bits per heavy atom. The normalized spacial score (nSPS) is 29.2. The van der Waals surface area contributed by atoms with Gasteiger partial charge in [0.25, 0.3) is 0 Å². The highest BCUT2D eigenvalue weighted by molar-refractivity contribution is 6.33. The number of rotatable bonds is 3. The van der Waals surface area contributed by atoms with Gasteiger partial charge in [0.15, 0.2) is 0 Å². The van der Waals surface area contributed by atoms with Crippen LogP contribution in [0, 0.1) is 11.8 Å². The van der Waals surface area contributed by atoms with Crippen LogP contribution in [-0.4, -0.2) is 41.4 Å². The first-order valence-corrected chi connectivity index (χ1v) is 11.5. The van der Waals surface area contributed by atoms with Gasteiger partial charge in [-0.05, 0) is 61.3 Å². The number of anilines is 2. The molecule has 170 valence electrons. The average molecular weight is 465 g/mol. The molecule has 2 fully saturated rings. The molecule has 6 rings (SSSR count). The molecular formula is C24H25ClN6O2. The van der Waals surface area contributed by atoms with Crippen molar-refractivity contribution in [3.8, 4) is 0 Å². The maximum atomic E-state index is 11.5. The van der Waals surface area contributed by atoms with Gasteiger partial charge in [-0.1, -0.05) is 23.7 Å². The van der Waals surface area contributed by atoms with E-state index in [-0.39, 0.29) is 17.9 Å². The van der Waals surface area contributed by atoms with E-state index in [0.29, 0.717) is 35.1 Å². The van der Waals surface area contributed by atoms with Crippen LogP contribution in [0.1, 0.15) is 30.9 Å². The highest BCUT2D eigenvalue weighted by atomic mass is 35.5. The summed E-state index contributed by atoms with van der Waals surface area (Å²) in [4.78, 5) is 12.8. The predicted octanol–water partition coefficient (Wildman–Crippen LogP) is 3.10. The number of aliphatic hydroxyl groups excluding tert-OH is 1. The molecule has 0 unspecified atom stereocenters. The number of nitrogens with two attached hydrogens (primary N) is 2. The van der Waals surface area contributed by atoms with Crippen LogP contribution in [0.5, 0.6) is 0 Å². The molecular weight excluding hydrogens is 440 g/mol. The monoisotopic (exact) mass is 464 g/mol. The number of aromatic nitrogens is 4. The minimum atomic E-state index is -1.11. The van der Waals surface area contributed by atoms with E-state index in [1.54, 1.807) is 0 Å². The lowest BCUT2D eigenvalue weighted by Gasteiger charge is -2.29. The van der Waals surface area contributed by atoms with Crippen LogP contribution in [0.25, 0.3) is 21.9 Å². The van der Waals surface area contributed by atoms with E-state index < -0.39 is 11.7 Å².